The molecule has 0 aliphatic rings. The van der Waals surface area contributed by atoms with Crippen LogP contribution in [0.2, 0.25) is 0 Å². The van der Waals surface area contributed by atoms with Gasteiger partial charge >= 0.3 is 0 Å². The molecule has 108 valence electrons. The summed E-state index contributed by atoms with van der Waals surface area (Å²) < 4.78 is 3.04. The number of nitrogens with two attached hydrogens (primary N) is 1. The highest BCUT2D eigenvalue weighted by atomic mass is 79.9. The maximum Gasteiger partial charge on any atom is 0.140 e. The second-order valence-electron chi connectivity index (χ2n) is 4.90. The van der Waals surface area contributed by atoms with E-state index < -0.39 is 0 Å². The van der Waals surface area contributed by atoms with E-state index in [9.17, 15) is 5.11 Å². The molecular weight excluding hydrogens is 330 g/mol. The molecule has 1 aromatic heterocycles. The Kier molecular flexibility index (Phi) is 3.69. The standard InChI is InChI=1S/C16H16BrN3O/c1-2-10-7-11(17)3-5-14(10)20-15-6-4-12(18)8-13(15)19-16(20)9-21/h3-8,21H,2,9,18H2,1H3. The molecule has 4 nitrogen and oxygen atoms in total. The van der Waals surface area contributed by atoms with Gasteiger partial charge in [-0.3, -0.25) is 4.57 Å². The summed E-state index contributed by atoms with van der Waals surface area (Å²) >= 11 is 3.50. The predicted octanol–water partition coefficient (Wildman–Crippen LogP) is 3.42. The van der Waals surface area contributed by atoms with Crippen LogP contribution in [0.4, 0.5) is 5.69 Å². The topological polar surface area (TPSA) is 64.1 Å². The Hall–Kier alpha value is -1.85. The van der Waals surface area contributed by atoms with E-state index in [2.05, 4.69) is 33.9 Å². The molecule has 3 aromatic rings. The van der Waals surface area contributed by atoms with E-state index in [-0.39, 0.29) is 6.61 Å². The molecule has 1 heterocycles. The Morgan fingerprint density at radius 3 is 2.76 bits per heavy atom. The summed E-state index contributed by atoms with van der Waals surface area (Å²) in [5, 5.41) is 9.64. The fourth-order valence-electron chi connectivity index (χ4n) is 2.58. The van der Waals surface area contributed by atoms with Gasteiger partial charge in [0, 0.05) is 10.2 Å². The average molecular weight is 346 g/mol. The number of aryl methyl sites for hydroxylation is 1. The first-order valence-electron chi connectivity index (χ1n) is 6.80. The van der Waals surface area contributed by atoms with Gasteiger partial charge in [0.1, 0.15) is 12.4 Å². The maximum absolute atomic E-state index is 9.64. The number of nitrogens with zero attached hydrogens (tertiary/aromatic N) is 2. The number of anilines is 1. The first kappa shape index (κ1) is 14.1. The van der Waals surface area contributed by atoms with E-state index in [0.29, 0.717) is 11.5 Å². The fourth-order valence-corrected chi connectivity index (χ4v) is 2.99. The molecule has 5 heteroatoms. The number of rotatable bonds is 3. The van der Waals surface area contributed by atoms with E-state index in [1.807, 2.05) is 34.9 Å². The van der Waals surface area contributed by atoms with Gasteiger partial charge in [0.25, 0.3) is 0 Å². The summed E-state index contributed by atoms with van der Waals surface area (Å²) in [5.74, 6) is 0.618. The van der Waals surface area contributed by atoms with Gasteiger partial charge in [-0.1, -0.05) is 22.9 Å². The van der Waals surface area contributed by atoms with Crippen LogP contribution in [-0.4, -0.2) is 14.7 Å². The van der Waals surface area contributed by atoms with Crippen LogP contribution in [0.5, 0.6) is 0 Å². The number of aliphatic hydroxyl groups excluding tert-OH is 1. The van der Waals surface area contributed by atoms with Crippen molar-refractivity contribution in [1.82, 2.24) is 9.55 Å². The zero-order chi connectivity index (χ0) is 15.0. The minimum absolute atomic E-state index is 0.117. The minimum atomic E-state index is -0.117. The fraction of sp³-hybridized carbons (Fsp3) is 0.188. The van der Waals surface area contributed by atoms with Crippen molar-refractivity contribution in [2.75, 3.05) is 5.73 Å². The van der Waals surface area contributed by atoms with Crippen molar-refractivity contribution in [2.45, 2.75) is 20.0 Å². The molecule has 3 rings (SSSR count). The SMILES string of the molecule is CCc1cc(Br)ccc1-n1c(CO)nc2cc(N)ccc21. The Labute approximate surface area is 131 Å². The molecule has 0 aliphatic heterocycles. The number of halogens is 1. The minimum Gasteiger partial charge on any atom is -0.399 e. The van der Waals surface area contributed by atoms with Crippen LogP contribution in [0.3, 0.4) is 0 Å². The third kappa shape index (κ3) is 2.43. The number of imidazole rings is 1. The Morgan fingerprint density at radius 2 is 2.05 bits per heavy atom. The van der Waals surface area contributed by atoms with E-state index in [1.54, 1.807) is 0 Å². The summed E-state index contributed by atoms with van der Waals surface area (Å²) in [6.07, 6.45) is 0.897. The van der Waals surface area contributed by atoms with Gasteiger partial charge < -0.3 is 10.8 Å². The molecular formula is C16H16BrN3O. The Bertz CT molecular complexity index is 811. The molecule has 0 spiro atoms. The van der Waals surface area contributed by atoms with E-state index >= 15 is 0 Å². The molecule has 0 fully saturated rings. The van der Waals surface area contributed by atoms with Gasteiger partial charge in [-0.15, -0.1) is 0 Å². The monoisotopic (exact) mass is 345 g/mol. The number of benzene rings is 2. The molecule has 0 bridgehead atoms. The van der Waals surface area contributed by atoms with Gasteiger partial charge in [-0.2, -0.15) is 0 Å². The lowest BCUT2D eigenvalue weighted by atomic mass is 10.1. The van der Waals surface area contributed by atoms with Gasteiger partial charge in [0.15, 0.2) is 0 Å². The van der Waals surface area contributed by atoms with Gasteiger partial charge in [-0.25, -0.2) is 4.98 Å². The van der Waals surface area contributed by atoms with Crippen LogP contribution in [0.15, 0.2) is 40.9 Å². The molecule has 0 saturated heterocycles. The van der Waals surface area contributed by atoms with Crippen molar-refractivity contribution in [2.24, 2.45) is 0 Å². The van der Waals surface area contributed by atoms with Crippen LogP contribution in [0.1, 0.15) is 18.3 Å². The van der Waals surface area contributed by atoms with Crippen LogP contribution >= 0.6 is 15.9 Å². The second kappa shape index (κ2) is 5.50. The highest BCUT2D eigenvalue weighted by Gasteiger charge is 2.14. The number of aromatic nitrogens is 2. The van der Waals surface area contributed by atoms with Crippen molar-refractivity contribution in [3.63, 3.8) is 0 Å². The Morgan fingerprint density at radius 1 is 1.24 bits per heavy atom. The predicted molar refractivity (Wildman–Crippen MR) is 88.5 cm³/mol. The molecule has 21 heavy (non-hydrogen) atoms. The van der Waals surface area contributed by atoms with Crippen LogP contribution in [-0.2, 0) is 13.0 Å². The summed E-state index contributed by atoms with van der Waals surface area (Å²) in [6.45, 7) is 1.99. The van der Waals surface area contributed by atoms with Gasteiger partial charge in [-0.05, 0) is 48.4 Å². The number of fused-ring (bicyclic) bond motifs is 1. The van der Waals surface area contributed by atoms with E-state index in [0.717, 1.165) is 27.6 Å². The average Bonchev–Trinajstić information content (AvgIpc) is 2.84. The van der Waals surface area contributed by atoms with Crippen molar-refractivity contribution < 1.29 is 5.11 Å². The van der Waals surface area contributed by atoms with Crippen LogP contribution in [0.25, 0.3) is 16.7 Å². The normalized spacial score (nSPS) is 11.2. The van der Waals surface area contributed by atoms with Crippen molar-refractivity contribution in [3.05, 3.63) is 52.3 Å². The van der Waals surface area contributed by atoms with Crippen molar-refractivity contribution >= 4 is 32.7 Å². The maximum atomic E-state index is 9.64. The molecule has 0 saturated carbocycles. The van der Waals surface area contributed by atoms with Gasteiger partial charge in [0.05, 0.1) is 16.7 Å². The molecule has 3 N–H and O–H groups in total. The first-order valence-corrected chi connectivity index (χ1v) is 7.60. The lowest BCUT2D eigenvalue weighted by Gasteiger charge is -2.13. The number of hydrogen-bond donors (Lipinski definition) is 2. The zero-order valence-corrected chi connectivity index (χ0v) is 13.3. The van der Waals surface area contributed by atoms with Crippen molar-refractivity contribution in [1.29, 1.82) is 0 Å². The quantitative estimate of drug-likeness (QED) is 0.714. The zero-order valence-electron chi connectivity index (χ0n) is 11.7. The third-order valence-electron chi connectivity index (χ3n) is 3.55. The first-order chi connectivity index (χ1) is 10.1. The molecule has 2 aromatic carbocycles. The van der Waals surface area contributed by atoms with Crippen LogP contribution in [0, 0.1) is 0 Å². The second-order valence-corrected chi connectivity index (χ2v) is 5.81. The van der Waals surface area contributed by atoms with Gasteiger partial charge in [0.2, 0.25) is 0 Å². The lowest BCUT2D eigenvalue weighted by molar-refractivity contribution is 0.270. The summed E-state index contributed by atoms with van der Waals surface area (Å²) in [6, 6.07) is 11.8. The van der Waals surface area contributed by atoms with E-state index in [4.69, 9.17) is 5.73 Å². The number of nitrogen functional groups attached to an aromatic ring is 1. The van der Waals surface area contributed by atoms with Crippen molar-refractivity contribution in [3.8, 4) is 5.69 Å². The van der Waals surface area contributed by atoms with Crippen LogP contribution < -0.4 is 5.73 Å². The lowest BCUT2D eigenvalue weighted by Crippen LogP contribution is -2.04. The molecule has 0 unspecified atom stereocenters. The summed E-state index contributed by atoms with van der Waals surface area (Å²) in [5.41, 5.74) is 10.5. The molecule has 0 amide bonds. The highest BCUT2D eigenvalue weighted by molar-refractivity contribution is 9.10. The smallest absolute Gasteiger partial charge is 0.140 e. The highest BCUT2D eigenvalue weighted by Crippen LogP contribution is 2.27. The third-order valence-corrected chi connectivity index (χ3v) is 4.05. The number of aliphatic hydroxyl groups is 1. The van der Waals surface area contributed by atoms with E-state index in [1.165, 1.54) is 5.56 Å². The molecule has 0 radical (unpaired) electrons. The Balaban J connectivity index is 2.33. The number of hydrogen-bond acceptors (Lipinski definition) is 3. The summed E-state index contributed by atoms with van der Waals surface area (Å²) in [4.78, 5) is 4.49. The molecule has 0 aliphatic carbocycles. The molecule has 0 atom stereocenters. The largest absolute Gasteiger partial charge is 0.399 e. The summed E-state index contributed by atoms with van der Waals surface area (Å²) in [7, 11) is 0.